The van der Waals surface area contributed by atoms with Crippen LogP contribution in [0.5, 0.6) is 0 Å². The Morgan fingerprint density at radius 1 is 0.778 bits per heavy atom. The van der Waals surface area contributed by atoms with Gasteiger partial charge in [-0.3, -0.25) is 14.5 Å². The third-order valence-corrected chi connectivity index (χ3v) is 3.51. The predicted octanol–water partition coefficient (Wildman–Crippen LogP) is 2.96. The molecule has 0 fully saturated rings. The van der Waals surface area contributed by atoms with Crippen molar-refractivity contribution in [2.45, 2.75) is 51.4 Å². The fraction of sp³-hybridized carbons (Fsp3) is 0.714. The average Bonchev–Trinajstić information content (AvgIpc) is 2.68. The van der Waals surface area contributed by atoms with Crippen molar-refractivity contribution in [3.05, 3.63) is 12.2 Å². The third-order valence-electron chi connectivity index (χ3n) is 3.19. The normalized spacial score (nSPS) is 14.8. The van der Waals surface area contributed by atoms with E-state index < -0.39 is 0 Å². The summed E-state index contributed by atoms with van der Waals surface area (Å²) >= 11 is 4.18. The van der Waals surface area contributed by atoms with Crippen LogP contribution in [0, 0.1) is 0 Å². The van der Waals surface area contributed by atoms with E-state index in [0.29, 0.717) is 6.54 Å². The second kappa shape index (κ2) is 9.20. The van der Waals surface area contributed by atoms with Gasteiger partial charge in [0, 0.05) is 18.7 Å². The molecule has 0 saturated heterocycles. The van der Waals surface area contributed by atoms with Crippen LogP contribution in [0.15, 0.2) is 12.2 Å². The minimum atomic E-state index is -0.160. The van der Waals surface area contributed by atoms with Crippen molar-refractivity contribution in [1.29, 1.82) is 0 Å². The molecule has 0 radical (unpaired) electrons. The van der Waals surface area contributed by atoms with Gasteiger partial charge >= 0.3 is 0 Å². The van der Waals surface area contributed by atoms with Gasteiger partial charge in [0.25, 0.3) is 11.8 Å². The molecule has 1 rings (SSSR count). The number of thiol groups is 1. The van der Waals surface area contributed by atoms with Crippen LogP contribution in [0.2, 0.25) is 0 Å². The lowest BCUT2D eigenvalue weighted by molar-refractivity contribution is -0.136. The quantitative estimate of drug-likeness (QED) is 0.376. The lowest BCUT2D eigenvalue weighted by Crippen LogP contribution is -2.30. The van der Waals surface area contributed by atoms with Gasteiger partial charge in [0.1, 0.15) is 0 Å². The monoisotopic (exact) mass is 269 g/mol. The van der Waals surface area contributed by atoms with Gasteiger partial charge in [0.2, 0.25) is 0 Å². The number of carbonyl (C=O) groups excluding carboxylic acids is 2. The van der Waals surface area contributed by atoms with Crippen LogP contribution < -0.4 is 0 Å². The minimum Gasteiger partial charge on any atom is -0.275 e. The van der Waals surface area contributed by atoms with Gasteiger partial charge in [0.05, 0.1) is 0 Å². The highest BCUT2D eigenvalue weighted by Crippen LogP contribution is 2.11. The fourth-order valence-corrected chi connectivity index (χ4v) is 2.32. The third kappa shape index (κ3) is 5.71. The first-order valence-corrected chi connectivity index (χ1v) is 7.53. The van der Waals surface area contributed by atoms with Crippen molar-refractivity contribution in [2.75, 3.05) is 12.3 Å². The molecule has 0 aromatic carbocycles. The molecule has 3 nitrogen and oxygen atoms in total. The van der Waals surface area contributed by atoms with Crippen LogP contribution in [-0.4, -0.2) is 29.0 Å². The highest BCUT2D eigenvalue weighted by Gasteiger charge is 2.21. The van der Waals surface area contributed by atoms with E-state index in [2.05, 4.69) is 12.6 Å². The molecule has 0 atom stereocenters. The lowest BCUT2D eigenvalue weighted by atomic mass is 10.1. The maximum atomic E-state index is 11.3. The minimum absolute atomic E-state index is 0.160. The largest absolute Gasteiger partial charge is 0.275 e. The van der Waals surface area contributed by atoms with E-state index in [0.717, 1.165) is 18.6 Å². The smallest absolute Gasteiger partial charge is 0.253 e. The molecule has 0 aromatic rings. The van der Waals surface area contributed by atoms with Crippen LogP contribution in [0.4, 0.5) is 0 Å². The summed E-state index contributed by atoms with van der Waals surface area (Å²) in [5.74, 6) is 0.671. The summed E-state index contributed by atoms with van der Waals surface area (Å²) in [6.07, 6.45) is 12.3. The number of unbranched alkanes of at least 4 members (excludes halogenated alkanes) is 7. The maximum Gasteiger partial charge on any atom is 0.253 e. The van der Waals surface area contributed by atoms with E-state index in [1.54, 1.807) is 0 Å². The molecule has 2 amide bonds. The van der Waals surface area contributed by atoms with Gasteiger partial charge in [-0.1, -0.05) is 38.5 Å². The van der Waals surface area contributed by atoms with Crippen LogP contribution in [0.1, 0.15) is 51.4 Å². The molecule has 0 saturated carbocycles. The highest BCUT2D eigenvalue weighted by atomic mass is 32.1. The van der Waals surface area contributed by atoms with Crippen molar-refractivity contribution >= 4 is 24.4 Å². The zero-order chi connectivity index (χ0) is 13.2. The van der Waals surface area contributed by atoms with Gasteiger partial charge in [-0.15, -0.1) is 0 Å². The van der Waals surface area contributed by atoms with Crippen molar-refractivity contribution in [1.82, 2.24) is 4.90 Å². The second-order valence-corrected chi connectivity index (χ2v) is 5.16. The molecule has 0 aromatic heterocycles. The zero-order valence-electron chi connectivity index (χ0n) is 10.9. The number of hydrogen-bond donors (Lipinski definition) is 1. The molecular weight excluding hydrogens is 246 g/mol. The second-order valence-electron chi connectivity index (χ2n) is 4.71. The summed E-state index contributed by atoms with van der Waals surface area (Å²) in [5, 5.41) is 0. The van der Waals surface area contributed by atoms with E-state index in [1.807, 2.05) is 0 Å². The van der Waals surface area contributed by atoms with E-state index in [1.165, 1.54) is 55.6 Å². The number of imide groups is 1. The Morgan fingerprint density at radius 3 is 1.72 bits per heavy atom. The molecule has 1 heterocycles. The van der Waals surface area contributed by atoms with Crippen molar-refractivity contribution in [3.8, 4) is 0 Å². The summed E-state index contributed by atoms with van der Waals surface area (Å²) < 4.78 is 0. The van der Waals surface area contributed by atoms with E-state index in [4.69, 9.17) is 0 Å². The number of carbonyl (C=O) groups is 2. The molecule has 4 heteroatoms. The van der Waals surface area contributed by atoms with Gasteiger partial charge in [-0.2, -0.15) is 12.6 Å². The Balaban J connectivity index is 1.90. The van der Waals surface area contributed by atoms with Crippen LogP contribution in [-0.2, 0) is 9.59 Å². The van der Waals surface area contributed by atoms with Gasteiger partial charge in [-0.25, -0.2) is 0 Å². The molecule has 0 aliphatic carbocycles. The van der Waals surface area contributed by atoms with E-state index >= 15 is 0 Å². The first-order chi connectivity index (χ1) is 8.75. The topological polar surface area (TPSA) is 37.4 Å². The molecule has 0 bridgehead atoms. The van der Waals surface area contributed by atoms with Gasteiger partial charge in [-0.05, 0) is 18.6 Å². The summed E-state index contributed by atoms with van der Waals surface area (Å²) in [5.41, 5.74) is 0. The molecule has 1 aliphatic heterocycles. The summed E-state index contributed by atoms with van der Waals surface area (Å²) in [4.78, 5) is 23.9. The van der Waals surface area contributed by atoms with Crippen LogP contribution in [0.3, 0.4) is 0 Å². The molecule has 102 valence electrons. The SMILES string of the molecule is O=C1C=CC(=O)N1CCCCCCCCCCS. The summed E-state index contributed by atoms with van der Waals surface area (Å²) in [7, 11) is 0. The summed E-state index contributed by atoms with van der Waals surface area (Å²) in [6, 6.07) is 0. The Hall–Kier alpha value is -0.770. The van der Waals surface area contributed by atoms with Crippen molar-refractivity contribution in [3.63, 3.8) is 0 Å². The molecule has 1 aliphatic rings. The Kier molecular flexibility index (Phi) is 7.81. The Labute approximate surface area is 115 Å². The zero-order valence-corrected chi connectivity index (χ0v) is 11.8. The fourth-order valence-electron chi connectivity index (χ4n) is 2.09. The van der Waals surface area contributed by atoms with Crippen LogP contribution >= 0.6 is 12.6 Å². The Morgan fingerprint density at radius 2 is 1.22 bits per heavy atom. The molecule has 0 unspecified atom stereocenters. The molecule has 0 N–H and O–H groups in total. The molecule has 0 spiro atoms. The average molecular weight is 269 g/mol. The first kappa shape index (κ1) is 15.3. The van der Waals surface area contributed by atoms with Gasteiger partial charge < -0.3 is 0 Å². The predicted molar refractivity (Wildman–Crippen MR) is 76.6 cm³/mol. The number of rotatable bonds is 10. The van der Waals surface area contributed by atoms with Crippen molar-refractivity contribution in [2.24, 2.45) is 0 Å². The highest BCUT2D eigenvalue weighted by molar-refractivity contribution is 7.80. The maximum absolute atomic E-state index is 11.3. The summed E-state index contributed by atoms with van der Waals surface area (Å²) in [6.45, 7) is 0.574. The number of hydrogen-bond acceptors (Lipinski definition) is 3. The Bertz CT molecular complexity index is 284. The van der Waals surface area contributed by atoms with Crippen LogP contribution in [0.25, 0.3) is 0 Å². The molecular formula is C14H23NO2S. The number of amides is 2. The molecule has 18 heavy (non-hydrogen) atoms. The standard InChI is InChI=1S/C14H23NO2S/c16-13-9-10-14(17)15(13)11-7-5-3-1-2-4-6-8-12-18/h9-10,18H,1-8,11-12H2. The van der Waals surface area contributed by atoms with E-state index in [9.17, 15) is 9.59 Å². The van der Waals surface area contributed by atoms with E-state index in [-0.39, 0.29) is 11.8 Å². The number of nitrogens with zero attached hydrogens (tertiary/aromatic N) is 1. The lowest BCUT2D eigenvalue weighted by Gasteiger charge is -2.12. The van der Waals surface area contributed by atoms with Crippen molar-refractivity contribution < 1.29 is 9.59 Å². The first-order valence-electron chi connectivity index (χ1n) is 6.90. The van der Waals surface area contributed by atoms with Gasteiger partial charge in [0.15, 0.2) is 0 Å².